The van der Waals surface area contributed by atoms with Crippen molar-refractivity contribution in [2.24, 2.45) is 0 Å². The molecule has 1 spiro atoms. The highest BCUT2D eigenvalue weighted by molar-refractivity contribution is 7.89. The second kappa shape index (κ2) is 7.04. The molecule has 0 unspecified atom stereocenters. The monoisotopic (exact) mass is 419 g/mol. The van der Waals surface area contributed by atoms with Gasteiger partial charge in [-0.25, -0.2) is 8.42 Å². The predicted octanol–water partition coefficient (Wildman–Crippen LogP) is 3.03. The molecule has 2 aliphatic heterocycles. The summed E-state index contributed by atoms with van der Waals surface area (Å²) in [6, 6.07) is 20.2. The molecule has 6 nitrogen and oxygen atoms in total. The molecule has 7 heteroatoms. The highest BCUT2D eigenvalue weighted by Gasteiger charge is 2.57. The number of rotatable bonds is 3. The van der Waals surface area contributed by atoms with E-state index in [1.54, 1.807) is 45.9 Å². The number of benzene rings is 2. The first kappa shape index (κ1) is 19.0. The Hall–Kier alpha value is -3.03. The Morgan fingerprint density at radius 1 is 0.967 bits per heavy atom. The van der Waals surface area contributed by atoms with Crippen molar-refractivity contribution >= 4 is 15.9 Å². The predicted molar refractivity (Wildman–Crippen MR) is 112 cm³/mol. The van der Waals surface area contributed by atoms with Gasteiger partial charge in [-0.3, -0.25) is 9.78 Å². The second-order valence-corrected chi connectivity index (χ2v) is 9.57. The summed E-state index contributed by atoms with van der Waals surface area (Å²) in [5.41, 5.74) is 1.51. The summed E-state index contributed by atoms with van der Waals surface area (Å²) in [6.45, 7) is 1.10. The molecule has 2 aliphatic rings. The van der Waals surface area contributed by atoms with Crippen LogP contribution in [0.15, 0.2) is 84.0 Å². The molecule has 1 amide bonds. The second-order valence-electron chi connectivity index (χ2n) is 7.74. The van der Waals surface area contributed by atoms with E-state index in [0.29, 0.717) is 30.0 Å². The van der Waals surface area contributed by atoms with Gasteiger partial charge < -0.3 is 4.90 Å². The van der Waals surface area contributed by atoms with Crippen LogP contribution in [0.4, 0.5) is 0 Å². The van der Waals surface area contributed by atoms with E-state index in [9.17, 15) is 13.2 Å². The van der Waals surface area contributed by atoms with E-state index in [1.807, 2.05) is 42.5 Å². The molecule has 0 saturated carbocycles. The van der Waals surface area contributed by atoms with Crippen molar-refractivity contribution in [3.8, 4) is 0 Å². The van der Waals surface area contributed by atoms with Crippen LogP contribution in [0.2, 0.25) is 0 Å². The summed E-state index contributed by atoms with van der Waals surface area (Å²) < 4.78 is 28.6. The first-order valence-electron chi connectivity index (χ1n) is 9.88. The van der Waals surface area contributed by atoms with Crippen molar-refractivity contribution in [1.29, 1.82) is 0 Å². The van der Waals surface area contributed by atoms with E-state index in [-0.39, 0.29) is 12.5 Å². The SMILES string of the molecule is O=C(c1ccncc1)N1CC[C@@]2(C1)c1ccccc1S(=O)(=O)N2Cc1ccccc1. The molecule has 0 N–H and O–H groups in total. The van der Waals surface area contributed by atoms with E-state index in [1.165, 1.54) is 0 Å². The standard InChI is InChI=1S/C23H21N3O3S/c27-22(19-10-13-24-14-11-19)25-15-12-23(17-25)20-8-4-5-9-21(20)30(28,29)26(23)16-18-6-2-1-3-7-18/h1-11,13-14H,12,15-17H2/t23-/m1/s1. The lowest BCUT2D eigenvalue weighted by atomic mass is 9.88. The van der Waals surface area contributed by atoms with Crippen LogP contribution >= 0.6 is 0 Å². The van der Waals surface area contributed by atoms with Gasteiger partial charge in [-0.15, -0.1) is 0 Å². The topological polar surface area (TPSA) is 70.6 Å². The molecule has 1 fully saturated rings. The van der Waals surface area contributed by atoms with Crippen LogP contribution in [0.1, 0.15) is 27.9 Å². The van der Waals surface area contributed by atoms with Gasteiger partial charge in [-0.1, -0.05) is 48.5 Å². The first-order chi connectivity index (χ1) is 14.5. The van der Waals surface area contributed by atoms with Crippen molar-refractivity contribution in [3.63, 3.8) is 0 Å². The Bertz CT molecular complexity index is 1200. The van der Waals surface area contributed by atoms with Crippen LogP contribution in [0.3, 0.4) is 0 Å². The Kier molecular flexibility index (Phi) is 4.45. The van der Waals surface area contributed by atoms with Gasteiger partial charge in [-0.2, -0.15) is 4.31 Å². The normalized spacial score (nSPS) is 22.3. The number of carbonyl (C=O) groups excluding carboxylic acids is 1. The third-order valence-electron chi connectivity index (χ3n) is 6.07. The van der Waals surface area contributed by atoms with Gasteiger partial charge >= 0.3 is 0 Å². The lowest BCUT2D eigenvalue weighted by Crippen LogP contribution is -2.46. The van der Waals surface area contributed by atoms with Crippen LogP contribution in [0.5, 0.6) is 0 Å². The maximum absolute atomic E-state index is 13.5. The Morgan fingerprint density at radius 3 is 2.43 bits per heavy atom. The number of nitrogens with zero attached hydrogens (tertiary/aromatic N) is 3. The number of sulfonamides is 1. The number of carbonyl (C=O) groups is 1. The van der Waals surface area contributed by atoms with Crippen LogP contribution in [0.25, 0.3) is 0 Å². The fourth-order valence-electron chi connectivity index (χ4n) is 4.61. The molecule has 0 aliphatic carbocycles. The Labute approximate surface area is 175 Å². The minimum absolute atomic E-state index is 0.101. The number of likely N-dealkylation sites (tertiary alicyclic amines) is 1. The molecular formula is C23H21N3O3S. The molecular weight excluding hydrogens is 398 g/mol. The lowest BCUT2D eigenvalue weighted by molar-refractivity contribution is 0.0762. The zero-order chi connectivity index (χ0) is 20.8. The summed E-state index contributed by atoms with van der Waals surface area (Å²) in [6.07, 6.45) is 3.75. The molecule has 30 heavy (non-hydrogen) atoms. The van der Waals surface area contributed by atoms with Gasteiger partial charge in [0, 0.05) is 37.6 Å². The molecule has 0 radical (unpaired) electrons. The summed E-state index contributed by atoms with van der Waals surface area (Å²) in [5, 5.41) is 0. The van der Waals surface area contributed by atoms with Crippen molar-refractivity contribution < 1.29 is 13.2 Å². The zero-order valence-corrected chi connectivity index (χ0v) is 17.1. The third kappa shape index (κ3) is 2.85. The van der Waals surface area contributed by atoms with Crippen molar-refractivity contribution in [3.05, 3.63) is 95.8 Å². The smallest absolute Gasteiger partial charge is 0.254 e. The molecule has 5 rings (SSSR count). The highest BCUT2D eigenvalue weighted by atomic mass is 32.2. The van der Waals surface area contributed by atoms with E-state index >= 15 is 0 Å². The van der Waals surface area contributed by atoms with Crippen molar-refractivity contribution in [2.45, 2.75) is 23.4 Å². The average Bonchev–Trinajstić information content (AvgIpc) is 3.30. The van der Waals surface area contributed by atoms with Crippen LogP contribution in [0, 0.1) is 0 Å². The first-order valence-corrected chi connectivity index (χ1v) is 11.3. The zero-order valence-electron chi connectivity index (χ0n) is 16.3. The van der Waals surface area contributed by atoms with Gasteiger partial charge in [0.15, 0.2) is 0 Å². The molecule has 1 aromatic heterocycles. The van der Waals surface area contributed by atoms with E-state index in [0.717, 1.165) is 11.1 Å². The number of aromatic nitrogens is 1. The van der Waals surface area contributed by atoms with Crippen LogP contribution in [-0.2, 0) is 22.1 Å². The minimum atomic E-state index is -3.66. The number of amides is 1. The van der Waals surface area contributed by atoms with Crippen molar-refractivity contribution in [1.82, 2.24) is 14.2 Å². The molecule has 2 aromatic carbocycles. The van der Waals surface area contributed by atoms with Gasteiger partial charge in [0.05, 0.1) is 10.4 Å². The van der Waals surface area contributed by atoms with Gasteiger partial charge in [0.1, 0.15) is 0 Å². The Morgan fingerprint density at radius 2 is 1.67 bits per heavy atom. The minimum Gasteiger partial charge on any atom is -0.336 e. The molecule has 1 atom stereocenters. The molecule has 1 saturated heterocycles. The number of fused-ring (bicyclic) bond motifs is 2. The average molecular weight is 420 g/mol. The molecule has 3 aromatic rings. The quantitative estimate of drug-likeness (QED) is 0.654. The van der Waals surface area contributed by atoms with E-state index in [2.05, 4.69) is 4.98 Å². The van der Waals surface area contributed by atoms with Crippen molar-refractivity contribution in [2.75, 3.05) is 13.1 Å². The maximum Gasteiger partial charge on any atom is 0.254 e. The maximum atomic E-state index is 13.5. The molecule has 0 bridgehead atoms. The van der Waals surface area contributed by atoms with E-state index < -0.39 is 15.6 Å². The summed E-state index contributed by atoms with van der Waals surface area (Å²) >= 11 is 0. The van der Waals surface area contributed by atoms with Gasteiger partial charge in [0.25, 0.3) is 5.91 Å². The molecule has 3 heterocycles. The number of hydrogen-bond donors (Lipinski definition) is 0. The molecule has 152 valence electrons. The summed E-state index contributed by atoms with van der Waals surface area (Å²) in [4.78, 5) is 19.1. The number of hydrogen-bond acceptors (Lipinski definition) is 4. The van der Waals surface area contributed by atoms with Crippen LogP contribution < -0.4 is 0 Å². The van der Waals surface area contributed by atoms with E-state index in [4.69, 9.17) is 0 Å². The number of pyridine rings is 1. The lowest BCUT2D eigenvalue weighted by Gasteiger charge is -2.34. The van der Waals surface area contributed by atoms with Gasteiger partial charge in [0.2, 0.25) is 10.0 Å². The van der Waals surface area contributed by atoms with Crippen LogP contribution in [-0.4, -0.2) is 41.6 Å². The fraction of sp³-hybridized carbons (Fsp3) is 0.217. The third-order valence-corrected chi connectivity index (χ3v) is 8.04. The largest absolute Gasteiger partial charge is 0.336 e. The van der Waals surface area contributed by atoms with Gasteiger partial charge in [-0.05, 0) is 35.7 Å². The Balaban J connectivity index is 1.57. The summed E-state index contributed by atoms with van der Waals surface area (Å²) in [7, 11) is -3.66. The highest BCUT2D eigenvalue weighted by Crippen LogP contribution is 2.50. The fourth-order valence-corrected chi connectivity index (χ4v) is 6.66. The summed E-state index contributed by atoms with van der Waals surface area (Å²) in [5.74, 6) is -0.101.